The summed E-state index contributed by atoms with van der Waals surface area (Å²) in [5, 5.41) is 0. The molecular weight excluding hydrogens is 266 g/mol. The normalized spacial score (nSPS) is 11.1. The molecule has 0 bridgehead atoms. The fourth-order valence-corrected chi connectivity index (χ4v) is 2.44. The van der Waals surface area contributed by atoms with E-state index in [1.54, 1.807) is 19.1 Å². The van der Waals surface area contributed by atoms with Crippen molar-refractivity contribution in [3.05, 3.63) is 42.4 Å². The second-order valence-electron chi connectivity index (χ2n) is 3.81. The van der Waals surface area contributed by atoms with E-state index in [1.165, 1.54) is 24.5 Å². The van der Waals surface area contributed by atoms with Crippen LogP contribution in [0.3, 0.4) is 0 Å². The Hall–Kier alpha value is -2.19. The van der Waals surface area contributed by atoms with Crippen LogP contribution in [0.2, 0.25) is 0 Å². The zero-order chi connectivity index (χ0) is 13.9. The van der Waals surface area contributed by atoms with Gasteiger partial charge in [-0.15, -0.1) is 0 Å². The molecule has 0 fully saturated rings. The van der Waals surface area contributed by atoms with Crippen LogP contribution in [0.5, 0.6) is 0 Å². The topological polar surface area (TPSA) is 110 Å². The van der Waals surface area contributed by atoms with Gasteiger partial charge in [-0.2, -0.15) is 0 Å². The molecule has 19 heavy (non-hydrogen) atoms. The van der Waals surface area contributed by atoms with Crippen molar-refractivity contribution >= 4 is 21.5 Å². The molecular formula is C11H13N5O2S. The Labute approximate surface area is 110 Å². The van der Waals surface area contributed by atoms with Gasteiger partial charge in [0.25, 0.3) is 10.0 Å². The minimum Gasteiger partial charge on any atom is -0.308 e. The lowest BCUT2D eigenvalue weighted by atomic mass is 10.3. The molecule has 100 valence electrons. The van der Waals surface area contributed by atoms with Crippen LogP contribution >= 0.6 is 0 Å². The average Bonchev–Trinajstić information content (AvgIpc) is 2.38. The second-order valence-corrected chi connectivity index (χ2v) is 5.50. The molecule has 0 aliphatic heterocycles. The molecule has 7 nitrogen and oxygen atoms in total. The van der Waals surface area contributed by atoms with Gasteiger partial charge >= 0.3 is 0 Å². The van der Waals surface area contributed by atoms with Crippen molar-refractivity contribution in [3.63, 3.8) is 0 Å². The molecule has 2 heterocycles. The fraction of sp³-hybridized carbons (Fsp3) is 0.0909. The number of nitrogen functional groups attached to an aromatic ring is 1. The molecule has 0 saturated heterocycles. The molecule has 0 aliphatic carbocycles. The molecule has 0 radical (unpaired) electrons. The van der Waals surface area contributed by atoms with Gasteiger partial charge in [0.2, 0.25) is 0 Å². The summed E-state index contributed by atoms with van der Waals surface area (Å²) in [4.78, 5) is 7.91. The predicted octanol–water partition coefficient (Wildman–Crippen LogP) is 0.871. The van der Waals surface area contributed by atoms with E-state index in [1.807, 2.05) is 0 Å². The number of nitrogens with one attached hydrogen (secondary N) is 2. The third kappa shape index (κ3) is 3.18. The molecule has 0 atom stereocenters. The number of rotatable bonds is 4. The van der Waals surface area contributed by atoms with Gasteiger partial charge < -0.3 is 5.43 Å². The summed E-state index contributed by atoms with van der Waals surface area (Å²) in [5.74, 6) is 5.55. The number of aryl methyl sites for hydroxylation is 1. The molecule has 0 amide bonds. The molecule has 8 heteroatoms. The third-order valence-corrected chi connectivity index (χ3v) is 3.71. The second kappa shape index (κ2) is 5.21. The first kappa shape index (κ1) is 13.2. The number of hydrogen-bond donors (Lipinski definition) is 3. The number of hydrazine groups is 1. The van der Waals surface area contributed by atoms with Crippen LogP contribution < -0.4 is 16.0 Å². The maximum absolute atomic E-state index is 12.1. The monoisotopic (exact) mass is 279 g/mol. The Kier molecular flexibility index (Phi) is 3.63. The van der Waals surface area contributed by atoms with Crippen LogP contribution in [0.15, 0.2) is 41.6 Å². The van der Waals surface area contributed by atoms with Crippen LogP contribution in [0.4, 0.5) is 11.5 Å². The highest BCUT2D eigenvalue weighted by Gasteiger charge is 2.14. The number of anilines is 2. The van der Waals surface area contributed by atoms with E-state index in [2.05, 4.69) is 20.1 Å². The quantitative estimate of drug-likeness (QED) is 0.566. The zero-order valence-electron chi connectivity index (χ0n) is 10.2. The van der Waals surface area contributed by atoms with Crippen molar-refractivity contribution in [2.24, 2.45) is 5.84 Å². The number of aromatic nitrogens is 2. The molecule has 0 aromatic carbocycles. The van der Waals surface area contributed by atoms with Gasteiger partial charge in [0.15, 0.2) is 0 Å². The molecule has 0 saturated carbocycles. The van der Waals surface area contributed by atoms with Crippen molar-refractivity contribution in [1.29, 1.82) is 0 Å². The Balaban J connectivity index is 2.27. The smallest absolute Gasteiger partial charge is 0.263 e. The highest BCUT2D eigenvalue weighted by atomic mass is 32.2. The summed E-state index contributed by atoms with van der Waals surface area (Å²) in [6, 6.07) is 6.11. The van der Waals surface area contributed by atoms with Crippen molar-refractivity contribution in [2.45, 2.75) is 11.8 Å². The number of hydrogen-bond acceptors (Lipinski definition) is 6. The molecule has 4 N–H and O–H groups in total. The third-order valence-electron chi connectivity index (χ3n) is 2.34. The highest BCUT2D eigenvalue weighted by molar-refractivity contribution is 7.92. The number of nitrogens with two attached hydrogens (primary N) is 1. The van der Waals surface area contributed by atoms with Gasteiger partial charge in [-0.3, -0.25) is 9.71 Å². The summed E-state index contributed by atoms with van der Waals surface area (Å²) in [7, 11) is -3.66. The van der Waals surface area contributed by atoms with E-state index < -0.39 is 10.0 Å². The largest absolute Gasteiger partial charge is 0.308 e. The summed E-state index contributed by atoms with van der Waals surface area (Å²) < 4.78 is 26.6. The van der Waals surface area contributed by atoms with E-state index in [0.29, 0.717) is 11.5 Å². The molecule has 0 unspecified atom stereocenters. The van der Waals surface area contributed by atoms with Gasteiger partial charge in [0.05, 0.1) is 5.69 Å². The van der Waals surface area contributed by atoms with Crippen molar-refractivity contribution in [2.75, 3.05) is 10.1 Å². The van der Waals surface area contributed by atoms with Crippen LogP contribution in [0.25, 0.3) is 0 Å². The van der Waals surface area contributed by atoms with Crippen LogP contribution in [0, 0.1) is 6.92 Å². The van der Waals surface area contributed by atoms with E-state index in [9.17, 15) is 8.42 Å². The minimum absolute atomic E-state index is 0.0564. The van der Waals surface area contributed by atoms with Gasteiger partial charge in [-0.1, -0.05) is 0 Å². The fourth-order valence-electron chi connectivity index (χ4n) is 1.45. The molecule has 2 rings (SSSR count). The van der Waals surface area contributed by atoms with Crippen molar-refractivity contribution < 1.29 is 8.42 Å². The lowest BCUT2D eigenvalue weighted by Gasteiger charge is -2.08. The lowest BCUT2D eigenvalue weighted by molar-refractivity contribution is 0.601. The standard InChI is InChI=1S/C11H13N5O2S/c1-8-6-9(4-5-13-8)16-19(17,18)10-2-3-11(15-12)14-7-10/h2-7H,12H2,1H3,(H,13,16)(H,14,15). The average molecular weight is 279 g/mol. The van der Waals surface area contributed by atoms with E-state index >= 15 is 0 Å². The number of nitrogens with zero attached hydrogens (tertiary/aromatic N) is 2. The van der Waals surface area contributed by atoms with Gasteiger partial charge in [-0.05, 0) is 31.2 Å². The zero-order valence-corrected chi connectivity index (χ0v) is 11.0. The molecule has 0 spiro atoms. The number of sulfonamides is 1. The predicted molar refractivity (Wildman–Crippen MR) is 71.8 cm³/mol. The minimum atomic E-state index is -3.66. The summed E-state index contributed by atoms with van der Waals surface area (Å²) in [6.45, 7) is 1.78. The van der Waals surface area contributed by atoms with Crippen LogP contribution in [-0.2, 0) is 10.0 Å². The Bertz CT molecular complexity index is 670. The highest BCUT2D eigenvalue weighted by Crippen LogP contribution is 2.16. The SMILES string of the molecule is Cc1cc(NS(=O)(=O)c2ccc(NN)nc2)ccn1. The van der Waals surface area contributed by atoms with Crippen LogP contribution in [-0.4, -0.2) is 18.4 Å². The molecule has 2 aromatic rings. The first-order valence-corrected chi connectivity index (χ1v) is 6.88. The van der Waals surface area contributed by atoms with Crippen LogP contribution in [0.1, 0.15) is 5.69 Å². The van der Waals surface area contributed by atoms with Crippen molar-refractivity contribution in [3.8, 4) is 0 Å². The van der Waals surface area contributed by atoms with Gasteiger partial charge in [0, 0.05) is 18.1 Å². The Morgan fingerprint density at radius 2 is 2.00 bits per heavy atom. The maximum Gasteiger partial charge on any atom is 0.263 e. The van der Waals surface area contributed by atoms with Gasteiger partial charge in [0.1, 0.15) is 10.7 Å². The summed E-state index contributed by atoms with van der Waals surface area (Å²) in [6.07, 6.45) is 2.76. The molecule has 0 aliphatic rings. The van der Waals surface area contributed by atoms with E-state index in [4.69, 9.17) is 5.84 Å². The first-order chi connectivity index (χ1) is 9.01. The summed E-state index contributed by atoms with van der Waals surface area (Å²) in [5.41, 5.74) is 3.50. The van der Waals surface area contributed by atoms with Crippen molar-refractivity contribution in [1.82, 2.24) is 9.97 Å². The van der Waals surface area contributed by atoms with Gasteiger partial charge in [-0.25, -0.2) is 19.2 Å². The lowest BCUT2D eigenvalue weighted by Crippen LogP contribution is -2.14. The number of pyridine rings is 2. The van der Waals surface area contributed by atoms with E-state index in [-0.39, 0.29) is 4.90 Å². The van der Waals surface area contributed by atoms with E-state index in [0.717, 1.165) is 5.69 Å². The summed E-state index contributed by atoms with van der Waals surface area (Å²) >= 11 is 0. The molecule has 2 aromatic heterocycles. The maximum atomic E-state index is 12.1. The Morgan fingerprint density at radius 3 is 2.58 bits per heavy atom. The first-order valence-electron chi connectivity index (χ1n) is 5.39. The Morgan fingerprint density at radius 1 is 1.21 bits per heavy atom.